The number of nitrogens with two attached hydrogens (primary N) is 1. The van der Waals surface area contributed by atoms with Gasteiger partial charge < -0.3 is 5.32 Å². The fourth-order valence-corrected chi connectivity index (χ4v) is 2.64. The van der Waals surface area contributed by atoms with E-state index in [1.807, 2.05) is 0 Å². The predicted molar refractivity (Wildman–Crippen MR) is 77.8 cm³/mol. The number of benzene rings is 1. The molecule has 1 atom stereocenters. The van der Waals surface area contributed by atoms with Crippen LogP contribution in [0.1, 0.15) is 27.4 Å². The number of amides is 2. The minimum Gasteiger partial charge on any atom is -0.325 e. The van der Waals surface area contributed by atoms with Crippen LogP contribution in [0.4, 0.5) is 5.69 Å². The number of aromatic nitrogens is 1. The molecule has 3 rings (SSSR count). The molecule has 7 heteroatoms. The number of fused-ring (bicyclic) bond motifs is 1. The van der Waals surface area contributed by atoms with E-state index in [0.29, 0.717) is 27.4 Å². The van der Waals surface area contributed by atoms with E-state index in [1.165, 1.54) is 18.5 Å². The number of nitrogens with zero attached hydrogens (tertiary/aromatic N) is 1. The van der Waals surface area contributed by atoms with Gasteiger partial charge in [0, 0.05) is 34.2 Å². The largest absolute Gasteiger partial charge is 0.325 e. The summed E-state index contributed by atoms with van der Waals surface area (Å²) in [5.74, 6) is 3.84. The Balaban J connectivity index is 2.16. The highest BCUT2D eigenvalue weighted by atomic mass is 35.5. The summed E-state index contributed by atoms with van der Waals surface area (Å²) in [6.45, 7) is 0. The lowest BCUT2D eigenvalue weighted by Gasteiger charge is -2.13. The lowest BCUT2D eigenvalue weighted by molar-refractivity contribution is -0.116. The second-order valence-corrected chi connectivity index (χ2v) is 5.03. The van der Waals surface area contributed by atoms with Crippen molar-refractivity contribution in [2.75, 3.05) is 5.32 Å². The van der Waals surface area contributed by atoms with Gasteiger partial charge in [-0.1, -0.05) is 11.6 Å². The van der Waals surface area contributed by atoms with Gasteiger partial charge in [0.15, 0.2) is 0 Å². The van der Waals surface area contributed by atoms with Crippen molar-refractivity contribution in [1.29, 1.82) is 0 Å². The Hall–Kier alpha value is -2.44. The molecule has 0 saturated heterocycles. The molecule has 4 N–H and O–H groups in total. The summed E-state index contributed by atoms with van der Waals surface area (Å²) in [5, 5.41) is 3.29. The lowest BCUT2D eigenvalue weighted by Crippen LogP contribution is -2.31. The van der Waals surface area contributed by atoms with E-state index in [0.717, 1.165) is 0 Å². The monoisotopic (exact) mass is 302 g/mol. The fourth-order valence-electron chi connectivity index (χ4n) is 2.46. The summed E-state index contributed by atoms with van der Waals surface area (Å²) in [4.78, 5) is 28.1. The molecule has 0 spiro atoms. The van der Waals surface area contributed by atoms with Crippen molar-refractivity contribution in [3.05, 3.63) is 58.4 Å². The second kappa shape index (κ2) is 5.16. The third kappa shape index (κ3) is 2.24. The summed E-state index contributed by atoms with van der Waals surface area (Å²) in [6.07, 6.45) is 2.96. The summed E-state index contributed by atoms with van der Waals surface area (Å²) >= 11 is 6.00. The number of carbonyl (C=O) groups is 2. The maximum absolute atomic E-state index is 12.3. The highest BCUT2D eigenvalue weighted by molar-refractivity contribution is 6.31. The smallest absolute Gasteiger partial charge is 0.265 e. The van der Waals surface area contributed by atoms with Gasteiger partial charge in [0.25, 0.3) is 5.91 Å². The Morgan fingerprint density at radius 2 is 2.14 bits per heavy atom. The maximum atomic E-state index is 12.3. The zero-order valence-electron chi connectivity index (χ0n) is 10.8. The Kier molecular flexibility index (Phi) is 3.32. The van der Waals surface area contributed by atoms with Crippen molar-refractivity contribution in [3.63, 3.8) is 0 Å². The van der Waals surface area contributed by atoms with Gasteiger partial charge in [-0.15, -0.1) is 0 Å². The van der Waals surface area contributed by atoms with Gasteiger partial charge in [-0.2, -0.15) is 0 Å². The van der Waals surface area contributed by atoms with Crippen molar-refractivity contribution < 1.29 is 9.59 Å². The molecule has 0 fully saturated rings. The minimum atomic E-state index is -0.639. The highest BCUT2D eigenvalue weighted by Crippen LogP contribution is 2.39. The molecule has 106 valence electrons. The fraction of sp³-hybridized carbons (Fsp3) is 0.0714. The first-order chi connectivity index (χ1) is 10.1. The molecule has 0 radical (unpaired) electrons. The lowest BCUT2D eigenvalue weighted by atomic mass is 9.90. The Bertz CT molecular complexity index is 748. The summed E-state index contributed by atoms with van der Waals surface area (Å²) < 4.78 is 0. The van der Waals surface area contributed by atoms with Crippen LogP contribution in [0.5, 0.6) is 0 Å². The summed E-state index contributed by atoms with van der Waals surface area (Å²) in [5.41, 5.74) is 4.25. The molecule has 1 aromatic heterocycles. The van der Waals surface area contributed by atoms with Crippen LogP contribution in [0, 0.1) is 0 Å². The number of nitrogen functional groups attached to an aromatic ring is 1. The number of rotatable bonds is 2. The number of anilines is 1. The predicted octanol–water partition coefficient (Wildman–Crippen LogP) is 1.42. The van der Waals surface area contributed by atoms with Crippen molar-refractivity contribution in [3.8, 4) is 0 Å². The number of hydrazine groups is 1. The van der Waals surface area contributed by atoms with Crippen LogP contribution in [0.3, 0.4) is 0 Å². The van der Waals surface area contributed by atoms with Gasteiger partial charge in [-0.25, -0.2) is 5.84 Å². The average molecular weight is 303 g/mol. The average Bonchev–Trinajstić information content (AvgIpc) is 2.81. The normalized spacial score (nSPS) is 16.3. The molecule has 2 aromatic rings. The number of hydrogen-bond acceptors (Lipinski definition) is 4. The molecule has 1 aliphatic rings. The number of hydrogen-bond donors (Lipinski definition) is 3. The third-order valence-electron chi connectivity index (χ3n) is 3.38. The maximum Gasteiger partial charge on any atom is 0.265 e. The first-order valence-corrected chi connectivity index (χ1v) is 6.55. The third-order valence-corrected chi connectivity index (χ3v) is 3.62. The number of halogens is 1. The number of nitrogens with one attached hydrogen (secondary N) is 2. The molecule has 2 heterocycles. The SMILES string of the molecule is NNC(=O)c1ccncc1C1C(=O)Nc2ccc(Cl)cc21. The van der Waals surface area contributed by atoms with Crippen LogP contribution in [0.2, 0.25) is 5.02 Å². The Morgan fingerprint density at radius 1 is 1.33 bits per heavy atom. The van der Waals surface area contributed by atoms with Crippen molar-refractivity contribution in [1.82, 2.24) is 10.4 Å². The van der Waals surface area contributed by atoms with Crippen LogP contribution in [0.25, 0.3) is 0 Å². The molecule has 0 saturated carbocycles. The van der Waals surface area contributed by atoms with E-state index in [1.54, 1.807) is 18.2 Å². The first kappa shape index (κ1) is 13.5. The van der Waals surface area contributed by atoms with Crippen molar-refractivity contribution in [2.24, 2.45) is 5.84 Å². The van der Waals surface area contributed by atoms with Crippen LogP contribution in [-0.4, -0.2) is 16.8 Å². The van der Waals surface area contributed by atoms with Crippen LogP contribution >= 0.6 is 11.6 Å². The molecule has 2 amide bonds. The zero-order chi connectivity index (χ0) is 15.0. The first-order valence-electron chi connectivity index (χ1n) is 6.17. The molecule has 0 bridgehead atoms. The quantitative estimate of drug-likeness (QED) is 0.444. The van der Waals surface area contributed by atoms with Gasteiger partial charge in [-0.05, 0) is 29.8 Å². The minimum absolute atomic E-state index is 0.230. The highest BCUT2D eigenvalue weighted by Gasteiger charge is 2.34. The standard InChI is InChI=1S/C14H11ClN4O2/c15-7-1-2-11-9(5-7)12(14(21)18-11)10-6-17-4-3-8(10)13(20)19-16/h1-6,12H,16H2,(H,18,21)(H,19,20). The Labute approximate surface area is 125 Å². The van der Waals surface area contributed by atoms with Gasteiger partial charge >= 0.3 is 0 Å². The number of carbonyl (C=O) groups excluding carboxylic acids is 2. The zero-order valence-corrected chi connectivity index (χ0v) is 11.5. The van der Waals surface area contributed by atoms with Gasteiger partial charge in [0.2, 0.25) is 5.91 Å². The molecule has 1 aliphatic heterocycles. The van der Waals surface area contributed by atoms with Gasteiger partial charge in [0.1, 0.15) is 0 Å². The van der Waals surface area contributed by atoms with E-state index in [9.17, 15) is 9.59 Å². The molecule has 1 aromatic carbocycles. The van der Waals surface area contributed by atoms with E-state index in [-0.39, 0.29) is 5.91 Å². The summed E-state index contributed by atoms with van der Waals surface area (Å²) in [6, 6.07) is 6.65. The topological polar surface area (TPSA) is 97.1 Å². The Morgan fingerprint density at radius 3 is 2.90 bits per heavy atom. The van der Waals surface area contributed by atoms with E-state index in [2.05, 4.69) is 15.7 Å². The number of pyridine rings is 1. The van der Waals surface area contributed by atoms with Crippen molar-refractivity contribution >= 4 is 29.1 Å². The van der Waals surface area contributed by atoms with E-state index in [4.69, 9.17) is 17.4 Å². The van der Waals surface area contributed by atoms with Crippen molar-refractivity contribution in [2.45, 2.75) is 5.92 Å². The van der Waals surface area contributed by atoms with Crippen LogP contribution in [0.15, 0.2) is 36.7 Å². The van der Waals surface area contributed by atoms with Gasteiger partial charge in [0.05, 0.1) is 5.92 Å². The van der Waals surface area contributed by atoms with E-state index < -0.39 is 11.8 Å². The molecule has 1 unspecified atom stereocenters. The molecule has 6 nitrogen and oxygen atoms in total. The second-order valence-electron chi connectivity index (χ2n) is 4.59. The molecular formula is C14H11ClN4O2. The van der Waals surface area contributed by atoms with Crippen LogP contribution in [-0.2, 0) is 4.79 Å². The summed E-state index contributed by atoms with van der Waals surface area (Å²) in [7, 11) is 0. The van der Waals surface area contributed by atoms with Gasteiger partial charge in [-0.3, -0.25) is 20.0 Å². The molecular weight excluding hydrogens is 292 g/mol. The van der Waals surface area contributed by atoms with Crippen LogP contribution < -0.4 is 16.6 Å². The molecule has 21 heavy (non-hydrogen) atoms. The van der Waals surface area contributed by atoms with E-state index >= 15 is 0 Å². The molecule has 0 aliphatic carbocycles.